The standard InChI is InChI=1S/C23H33N3O2/c1-16(2)26-15-20(19-13-18(28-3)9-10-22(19)26)23(27)24-14-17-7-6-12-25-11-5-4-8-21(17)25/h9-10,13,15-17,21H,4-8,11-12,14H2,1-3H3,(H,24,27). The molecule has 2 atom stereocenters. The van der Waals surface area contributed by atoms with Crippen LogP contribution in [0, 0.1) is 5.92 Å². The molecule has 0 spiro atoms. The van der Waals surface area contributed by atoms with Crippen molar-refractivity contribution in [2.45, 2.75) is 58.0 Å². The SMILES string of the molecule is COc1ccc2c(c1)c(C(=O)NCC1CCCN3CCCCC13)cn2C(C)C. The lowest BCUT2D eigenvalue weighted by Crippen LogP contribution is -2.51. The smallest absolute Gasteiger partial charge is 0.253 e. The van der Waals surface area contributed by atoms with Gasteiger partial charge in [0, 0.05) is 35.7 Å². The van der Waals surface area contributed by atoms with E-state index in [9.17, 15) is 4.79 Å². The molecule has 1 amide bonds. The molecule has 0 bridgehead atoms. The van der Waals surface area contributed by atoms with Crippen molar-refractivity contribution in [2.75, 3.05) is 26.7 Å². The molecule has 5 nitrogen and oxygen atoms in total. The third-order valence-electron chi connectivity index (χ3n) is 6.59. The number of benzene rings is 1. The van der Waals surface area contributed by atoms with Crippen LogP contribution >= 0.6 is 0 Å². The van der Waals surface area contributed by atoms with E-state index in [1.165, 1.54) is 45.2 Å². The molecular weight excluding hydrogens is 350 g/mol. The van der Waals surface area contributed by atoms with Gasteiger partial charge in [-0.15, -0.1) is 0 Å². The van der Waals surface area contributed by atoms with Crippen molar-refractivity contribution >= 4 is 16.8 Å². The summed E-state index contributed by atoms with van der Waals surface area (Å²) in [5, 5.41) is 4.23. The third-order valence-corrected chi connectivity index (χ3v) is 6.59. The maximum absolute atomic E-state index is 13.1. The van der Waals surface area contributed by atoms with Gasteiger partial charge < -0.3 is 19.5 Å². The number of aromatic nitrogens is 1. The number of hydrogen-bond acceptors (Lipinski definition) is 3. The highest BCUT2D eigenvalue weighted by Crippen LogP contribution is 2.31. The molecule has 2 aromatic rings. The van der Waals surface area contributed by atoms with Crippen LogP contribution in [-0.4, -0.2) is 48.2 Å². The summed E-state index contributed by atoms with van der Waals surface area (Å²) in [6, 6.07) is 6.94. The summed E-state index contributed by atoms with van der Waals surface area (Å²) in [5.41, 5.74) is 1.83. The predicted molar refractivity (Wildman–Crippen MR) is 113 cm³/mol. The number of amides is 1. The van der Waals surface area contributed by atoms with Crippen LogP contribution in [0.25, 0.3) is 10.9 Å². The zero-order chi connectivity index (χ0) is 19.7. The number of methoxy groups -OCH3 is 1. The van der Waals surface area contributed by atoms with Crippen LogP contribution in [0.15, 0.2) is 24.4 Å². The van der Waals surface area contributed by atoms with Gasteiger partial charge >= 0.3 is 0 Å². The Kier molecular flexibility index (Phi) is 5.63. The highest BCUT2D eigenvalue weighted by Gasteiger charge is 2.33. The Labute approximate surface area is 168 Å². The number of piperidine rings is 2. The van der Waals surface area contributed by atoms with Crippen LogP contribution in [0.3, 0.4) is 0 Å². The molecule has 1 N–H and O–H groups in total. The summed E-state index contributed by atoms with van der Waals surface area (Å²) in [4.78, 5) is 15.8. The molecule has 1 aromatic heterocycles. The van der Waals surface area contributed by atoms with Crippen LogP contribution in [-0.2, 0) is 0 Å². The van der Waals surface area contributed by atoms with Crippen molar-refractivity contribution in [2.24, 2.45) is 5.92 Å². The van der Waals surface area contributed by atoms with Crippen molar-refractivity contribution in [1.29, 1.82) is 0 Å². The van der Waals surface area contributed by atoms with E-state index in [1.807, 2.05) is 24.4 Å². The fraction of sp³-hybridized carbons (Fsp3) is 0.609. The second-order valence-electron chi connectivity index (χ2n) is 8.64. The Morgan fingerprint density at radius 2 is 2.04 bits per heavy atom. The van der Waals surface area contributed by atoms with Crippen LogP contribution in [0.2, 0.25) is 0 Å². The third kappa shape index (κ3) is 3.64. The molecule has 0 saturated carbocycles. The van der Waals surface area contributed by atoms with Crippen molar-refractivity contribution < 1.29 is 9.53 Å². The van der Waals surface area contributed by atoms with Gasteiger partial charge in [-0.05, 0) is 76.7 Å². The molecule has 1 aromatic carbocycles. The minimum Gasteiger partial charge on any atom is -0.497 e. The zero-order valence-corrected chi connectivity index (χ0v) is 17.4. The topological polar surface area (TPSA) is 46.5 Å². The van der Waals surface area contributed by atoms with Gasteiger partial charge in [-0.1, -0.05) is 6.42 Å². The molecule has 0 aliphatic carbocycles. The molecule has 2 aliphatic heterocycles. The maximum atomic E-state index is 13.1. The Hall–Kier alpha value is -2.01. The molecule has 5 heteroatoms. The Morgan fingerprint density at radius 1 is 1.21 bits per heavy atom. The number of carbonyl (C=O) groups is 1. The van der Waals surface area contributed by atoms with Crippen LogP contribution in [0.1, 0.15) is 62.4 Å². The fourth-order valence-corrected chi connectivity index (χ4v) is 5.10. The molecule has 4 rings (SSSR count). The van der Waals surface area contributed by atoms with Gasteiger partial charge in [-0.25, -0.2) is 0 Å². The average Bonchev–Trinajstić information content (AvgIpc) is 3.11. The highest BCUT2D eigenvalue weighted by molar-refractivity contribution is 6.07. The first-order valence-electron chi connectivity index (χ1n) is 10.8. The van der Waals surface area contributed by atoms with E-state index in [1.54, 1.807) is 7.11 Å². The van der Waals surface area contributed by atoms with E-state index >= 15 is 0 Å². The molecule has 2 aliphatic rings. The fourth-order valence-electron chi connectivity index (χ4n) is 5.10. The average molecular weight is 384 g/mol. The van der Waals surface area contributed by atoms with Gasteiger partial charge in [-0.3, -0.25) is 4.79 Å². The van der Waals surface area contributed by atoms with Gasteiger partial charge in [0.2, 0.25) is 0 Å². The van der Waals surface area contributed by atoms with Gasteiger partial charge in [0.25, 0.3) is 5.91 Å². The van der Waals surface area contributed by atoms with Crippen molar-refractivity contribution in [3.63, 3.8) is 0 Å². The molecule has 28 heavy (non-hydrogen) atoms. The van der Waals surface area contributed by atoms with E-state index in [4.69, 9.17) is 4.74 Å². The van der Waals surface area contributed by atoms with Crippen molar-refractivity contribution in [3.8, 4) is 5.75 Å². The number of nitrogens with one attached hydrogen (secondary N) is 1. The second-order valence-corrected chi connectivity index (χ2v) is 8.64. The van der Waals surface area contributed by atoms with E-state index in [2.05, 4.69) is 28.6 Å². The number of hydrogen-bond donors (Lipinski definition) is 1. The number of nitrogens with zero attached hydrogens (tertiary/aromatic N) is 2. The lowest BCUT2D eigenvalue weighted by atomic mass is 9.83. The summed E-state index contributed by atoms with van der Waals surface area (Å²) in [6.07, 6.45) is 8.41. The van der Waals surface area contributed by atoms with Gasteiger partial charge in [0.1, 0.15) is 5.75 Å². The molecular formula is C23H33N3O2. The number of rotatable bonds is 5. The van der Waals surface area contributed by atoms with Gasteiger partial charge in [0.15, 0.2) is 0 Å². The van der Waals surface area contributed by atoms with Gasteiger partial charge in [0.05, 0.1) is 12.7 Å². The number of carbonyl (C=O) groups excluding carboxylic acids is 1. The highest BCUT2D eigenvalue weighted by atomic mass is 16.5. The molecule has 2 saturated heterocycles. The summed E-state index contributed by atoms with van der Waals surface area (Å²) in [5.74, 6) is 1.39. The monoisotopic (exact) mass is 383 g/mol. The summed E-state index contributed by atoms with van der Waals surface area (Å²) in [6.45, 7) is 7.53. The quantitative estimate of drug-likeness (QED) is 0.841. The Balaban J connectivity index is 1.53. The number of ether oxygens (including phenoxy) is 1. The van der Waals surface area contributed by atoms with E-state index in [-0.39, 0.29) is 5.91 Å². The largest absolute Gasteiger partial charge is 0.497 e. The Morgan fingerprint density at radius 3 is 2.82 bits per heavy atom. The molecule has 3 heterocycles. The van der Waals surface area contributed by atoms with E-state index in [0.717, 1.165) is 28.8 Å². The number of fused-ring (bicyclic) bond motifs is 2. The van der Waals surface area contributed by atoms with Gasteiger partial charge in [-0.2, -0.15) is 0 Å². The van der Waals surface area contributed by atoms with Crippen LogP contribution in [0.5, 0.6) is 5.75 Å². The second kappa shape index (κ2) is 8.16. The lowest BCUT2D eigenvalue weighted by molar-refractivity contribution is 0.0576. The molecule has 152 valence electrons. The molecule has 2 unspecified atom stereocenters. The summed E-state index contributed by atoms with van der Waals surface area (Å²) < 4.78 is 7.57. The van der Waals surface area contributed by atoms with Crippen LogP contribution < -0.4 is 10.1 Å². The molecule has 0 radical (unpaired) electrons. The van der Waals surface area contributed by atoms with E-state index < -0.39 is 0 Å². The van der Waals surface area contributed by atoms with E-state index in [0.29, 0.717) is 18.0 Å². The predicted octanol–water partition coefficient (Wildman–Crippen LogP) is 4.23. The van der Waals surface area contributed by atoms with Crippen molar-refractivity contribution in [1.82, 2.24) is 14.8 Å². The maximum Gasteiger partial charge on any atom is 0.253 e. The first-order valence-corrected chi connectivity index (χ1v) is 10.8. The summed E-state index contributed by atoms with van der Waals surface area (Å²) in [7, 11) is 1.67. The first-order chi connectivity index (χ1) is 13.6. The molecule has 2 fully saturated rings. The van der Waals surface area contributed by atoms with Crippen LogP contribution in [0.4, 0.5) is 0 Å². The van der Waals surface area contributed by atoms with Crippen molar-refractivity contribution in [3.05, 3.63) is 30.0 Å². The zero-order valence-electron chi connectivity index (χ0n) is 17.4. The lowest BCUT2D eigenvalue weighted by Gasteiger charge is -2.44. The first kappa shape index (κ1) is 19.3. The Bertz CT molecular complexity index is 840. The normalized spacial score (nSPS) is 23.0. The minimum atomic E-state index is 0.0329. The minimum absolute atomic E-state index is 0.0329. The summed E-state index contributed by atoms with van der Waals surface area (Å²) >= 11 is 0.